The summed E-state index contributed by atoms with van der Waals surface area (Å²) in [6.45, 7) is 4.24. The quantitative estimate of drug-likeness (QED) is 0.531. The smallest absolute Gasteiger partial charge is 0.333 e. The summed E-state index contributed by atoms with van der Waals surface area (Å²) in [7, 11) is 0. The van der Waals surface area contributed by atoms with Crippen LogP contribution in [0.2, 0.25) is 0 Å². The molecule has 0 unspecified atom stereocenters. The number of hydrogen-bond donors (Lipinski definition) is 2. The number of carbonyl (C=O) groups is 1. The van der Waals surface area contributed by atoms with Crippen molar-refractivity contribution in [3.8, 4) is 5.75 Å². The molecule has 0 bridgehead atoms. The molecule has 0 aliphatic rings. The van der Waals surface area contributed by atoms with Gasteiger partial charge in [0.25, 0.3) is 0 Å². The summed E-state index contributed by atoms with van der Waals surface area (Å²) < 4.78 is 5.26. The van der Waals surface area contributed by atoms with Gasteiger partial charge in [-0.3, -0.25) is 0 Å². The summed E-state index contributed by atoms with van der Waals surface area (Å²) in [6, 6.07) is 14.2. The van der Waals surface area contributed by atoms with E-state index in [1.807, 2.05) is 31.2 Å². The summed E-state index contributed by atoms with van der Waals surface area (Å²) in [5.74, 6) is -0.767. The van der Waals surface area contributed by atoms with Crippen LogP contribution in [0.25, 0.3) is 0 Å². The van der Waals surface area contributed by atoms with E-state index in [4.69, 9.17) is 9.57 Å². The first-order valence-corrected chi connectivity index (χ1v) is 8.37. The third-order valence-corrected chi connectivity index (χ3v) is 3.78. The minimum Gasteiger partial charge on any atom is -0.508 e. The van der Waals surface area contributed by atoms with Crippen molar-refractivity contribution in [3.63, 3.8) is 0 Å². The number of oxime groups is 1. The molecule has 0 saturated carbocycles. The number of phenolic OH excluding ortho intramolecular Hbond substituents is 1. The summed E-state index contributed by atoms with van der Waals surface area (Å²) in [5, 5.41) is 22.6. The fraction of sp³-hybridized carbons (Fsp3) is 0.300. The molecule has 0 radical (unpaired) electrons. The summed E-state index contributed by atoms with van der Waals surface area (Å²) in [4.78, 5) is 16.6. The maximum Gasteiger partial charge on any atom is 0.333 e. The van der Waals surface area contributed by atoms with E-state index in [0.717, 1.165) is 16.7 Å². The van der Waals surface area contributed by atoms with Gasteiger partial charge in [0.1, 0.15) is 12.4 Å². The Hall–Kier alpha value is -2.86. The van der Waals surface area contributed by atoms with Crippen molar-refractivity contribution in [1.82, 2.24) is 0 Å². The molecule has 2 N–H and O–H groups in total. The maximum absolute atomic E-state index is 11.2. The Morgan fingerprint density at radius 2 is 1.88 bits per heavy atom. The minimum absolute atomic E-state index is 0.206. The van der Waals surface area contributed by atoms with Crippen molar-refractivity contribution >= 4 is 11.7 Å². The molecule has 2 rings (SSSR count). The molecule has 0 aliphatic carbocycles. The van der Waals surface area contributed by atoms with E-state index in [2.05, 4.69) is 5.16 Å². The normalized spacial score (nSPS) is 12.6. The number of ether oxygens (including phenoxy) is 1. The van der Waals surface area contributed by atoms with E-state index >= 15 is 0 Å². The largest absolute Gasteiger partial charge is 0.508 e. The van der Waals surface area contributed by atoms with Crippen molar-refractivity contribution in [1.29, 1.82) is 0 Å². The Morgan fingerprint density at radius 3 is 2.54 bits per heavy atom. The molecule has 0 heterocycles. The lowest BCUT2D eigenvalue weighted by atomic mass is 10.0. The number of hydrogen-bond acceptors (Lipinski definition) is 5. The van der Waals surface area contributed by atoms with E-state index < -0.39 is 12.1 Å². The molecule has 2 aromatic carbocycles. The van der Waals surface area contributed by atoms with Crippen LogP contribution in [-0.2, 0) is 27.4 Å². The highest BCUT2D eigenvalue weighted by atomic mass is 16.6. The predicted molar refractivity (Wildman–Crippen MR) is 98.3 cm³/mol. The topological polar surface area (TPSA) is 88.4 Å². The molecule has 0 aliphatic heterocycles. The van der Waals surface area contributed by atoms with E-state index in [1.165, 1.54) is 0 Å². The Balaban J connectivity index is 2.00. The van der Waals surface area contributed by atoms with Crippen LogP contribution >= 0.6 is 0 Å². The van der Waals surface area contributed by atoms with Gasteiger partial charge in [0.2, 0.25) is 0 Å². The van der Waals surface area contributed by atoms with Crippen LogP contribution in [0.3, 0.4) is 0 Å². The number of phenols is 1. The first-order valence-electron chi connectivity index (χ1n) is 8.37. The van der Waals surface area contributed by atoms with Gasteiger partial charge in [0.15, 0.2) is 6.10 Å². The molecule has 0 aromatic heterocycles. The van der Waals surface area contributed by atoms with Gasteiger partial charge in [-0.05, 0) is 48.7 Å². The lowest BCUT2D eigenvalue weighted by molar-refractivity contribution is -0.149. The molecule has 0 fully saturated rings. The Bertz CT molecular complexity index is 755. The van der Waals surface area contributed by atoms with Gasteiger partial charge in [-0.25, -0.2) is 4.79 Å². The SMILES string of the molecule is CCO[C@@H](Cc1cccc(/C(C)=N/OCc2ccc(O)cc2)c1)C(=O)O. The monoisotopic (exact) mass is 357 g/mol. The van der Waals surface area contributed by atoms with Gasteiger partial charge in [-0.15, -0.1) is 0 Å². The van der Waals surface area contributed by atoms with Crippen LogP contribution in [-0.4, -0.2) is 34.6 Å². The number of aliphatic carboxylic acids is 1. The average Bonchev–Trinajstić information content (AvgIpc) is 2.63. The lowest BCUT2D eigenvalue weighted by Gasteiger charge is -2.13. The van der Waals surface area contributed by atoms with Gasteiger partial charge < -0.3 is 19.8 Å². The third-order valence-electron chi connectivity index (χ3n) is 3.78. The average molecular weight is 357 g/mol. The zero-order valence-corrected chi connectivity index (χ0v) is 14.9. The van der Waals surface area contributed by atoms with Gasteiger partial charge in [-0.1, -0.05) is 35.5 Å². The molecule has 138 valence electrons. The second-order valence-corrected chi connectivity index (χ2v) is 5.80. The molecule has 6 heteroatoms. The molecular formula is C20H23NO5. The lowest BCUT2D eigenvalue weighted by Crippen LogP contribution is -2.26. The van der Waals surface area contributed by atoms with Crippen LogP contribution in [0.4, 0.5) is 0 Å². The summed E-state index contributed by atoms with van der Waals surface area (Å²) in [6.07, 6.45) is -0.572. The zero-order chi connectivity index (χ0) is 18.9. The molecule has 1 atom stereocenters. The van der Waals surface area contributed by atoms with Gasteiger partial charge in [0, 0.05) is 13.0 Å². The second kappa shape index (κ2) is 9.58. The van der Waals surface area contributed by atoms with Crippen LogP contribution in [0.5, 0.6) is 5.75 Å². The molecule has 26 heavy (non-hydrogen) atoms. The first-order chi connectivity index (χ1) is 12.5. The van der Waals surface area contributed by atoms with Crippen LogP contribution < -0.4 is 0 Å². The number of benzene rings is 2. The van der Waals surface area contributed by atoms with E-state index in [1.54, 1.807) is 31.2 Å². The highest BCUT2D eigenvalue weighted by Gasteiger charge is 2.18. The third kappa shape index (κ3) is 5.89. The van der Waals surface area contributed by atoms with Gasteiger partial charge >= 0.3 is 5.97 Å². The molecular weight excluding hydrogens is 334 g/mol. The number of carboxylic acid groups (broad SMARTS) is 1. The van der Waals surface area contributed by atoms with Gasteiger partial charge in [0.05, 0.1) is 5.71 Å². The Morgan fingerprint density at radius 1 is 1.15 bits per heavy atom. The first kappa shape index (κ1) is 19.5. The maximum atomic E-state index is 11.2. The molecule has 0 spiro atoms. The Kier molecular flexibility index (Phi) is 7.17. The number of carboxylic acids is 1. The number of aromatic hydroxyl groups is 1. The van der Waals surface area contributed by atoms with Crippen molar-refractivity contribution in [2.24, 2.45) is 5.16 Å². The van der Waals surface area contributed by atoms with E-state index in [9.17, 15) is 15.0 Å². The highest BCUT2D eigenvalue weighted by Crippen LogP contribution is 2.13. The molecule has 2 aromatic rings. The predicted octanol–water partition coefficient (Wildman–Crippen LogP) is 3.37. The minimum atomic E-state index is -0.972. The van der Waals surface area contributed by atoms with Crippen molar-refractivity contribution in [3.05, 3.63) is 65.2 Å². The zero-order valence-electron chi connectivity index (χ0n) is 14.9. The van der Waals surface area contributed by atoms with Crippen LogP contribution in [0.1, 0.15) is 30.5 Å². The Labute approximate surface area is 152 Å². The van der Waals surface area contributed by atoms with Crippen molar-refractivity contribution in [2.75, 3.05) is 6.61 Å². The standard InChI is InChI=1S/C20H23NO5/c1-3-25-19(20(23)24)12-16-5-4-6-17(11-16)14(2)21-26-13-15-7-9-18(22)10-8-15/h4-11,19,22H,3,12-13H2,1-2H3,(H,23,24)/b21-14+/t19-/m0/s1. The van der Waals surface area contributed by atoms with Crippen LogP contribution in [0, 0.1) is 0 Å². The summed E-state index contributed by atoms with van der Waals surface area (Å²) in [5.41, 5.74) is 3.30. The van der Waals surface area contributed by atoms with E-state index in [0.29, 0.717) is 25.3 Å². The number of nitrogens with zero attached hydrogens (tertiary/aromatic N) is 1. The van der Waals surface area contributed by atoms with E-state index in [-0.39, 0.29) is 5.75 Å². The molecule has 0 saturated heterocycles. The fourth-order valence-corrected chi connectivity index (χ4v) is 2.40. The van der Waals surface area contributed by atoms with Crippen molar-refractivity contribution in [2.45, 2.75) is 33.0 Å². The summed E-state index contributed by atoms with van der Waals surface area (Å²) >= 11 is 0. The van der Waals surface area contributed by atoms with Gasteiger partial charge in [-0.2, -0.15) is 0 Å². The molecule has 0 amide bonds. The fourth-order valence-electron chi connectivity index (χ4n) is 2.40. The second-order valence-electron chi connectivity index (χ2n) is 5.80. The molecule has 6 nitrogen and oxygen atoms in total. The number of rotatable bonds is 9. The highest BCUT2D eigenvalue weighted by molar-refractivity contribution is 5.98. The van der Waals surface area contributed by atoms with Crippen LogP contribution in [0.15, 0.2) is 53.7 Å². The van der Waals surface area contributed by atoms with Crippen molar-refractivity contribution < 1.29 is 24.6 Å².